The number of carbonyl (C=O) groups excluding carboxylic acids is 1. The number of likely N-dealkylation sites (N-methyl/N-ethyl adjacent to an activating group) is 1. The van der Waals surface area contributed by atoms with Gasteiger partial charge in [0.05, 0.1) is 11.8 Å². The number of carboxylic acids is 1. The van der Waals surface area contributed by atoms with Gasteiger partial charge < -0.3 is 14.9 Å². The lowest BCUT2D eigenvalue weighted by Crippen LogP contribution is -2.48. The molecule has 0 radical (unpaired) electrons. The minimum atomic E-state index is -0.845. The Bertz CT molecular complexity index is 346. The third-order valence-corrected chi connectivity index (χ3v) is 4.17. The molecule has 1 amide bonds. The summed E-state index contributed by atoms with van der Waals surface area (Å²) in [4.78, 5) is 27.3. The van der Waals surface area contributed by atoms with Gasteiger partial charge in [-0.15, -0.1) is 0 Å². The Labute approximate surface area is 101 Å². The van der Waals surface area contributed by atoms with Crippen molar-refractivity contribution in [1.29, 1.82) is 0 Å². The summed E-state index contributed by atoms with van der Waals surface area (Å²) in [6, 6.07) is 0. The first kappa shape index (κ1) is 12.4. The van der Waals surface area contributed by atoms with E-state index >= 15 is 0 Å². The van der Waals surface area contributed by atoms with Gasteiger partial charge in [-0.3, -0.25) is 9.59 Å². The predicted octanol–water partition coefficient (Wildman–Crippen LogP) is 0.117. The molecule has 1 aliphatic carbocycles. The van der Waals surface area contributed by atoms with Crippen LogP contribution in [0, 0.1) is 17.3 Å². The average molecular weight is 240 g/mol. The molecule has 1 saturated heterocycles. The highest BCUT2D eigenvalue weighted by Crippen LogP contribution is 2.59. The number of hydrogen-bond acceptors (Lipinski definition) is 3. The van der Waals surface area contributed by atoms with E-state index in [1.807, 2.05) is 25.8 Å². The maximum atomic E-state index is 12.2. The van der Waals surface area contributed by atoms with Crippen molar-refractivity contribution in [3.63, 3.8) is 0 Å². The van der Waals surface area contributed by atoms with Crippen LogP contribution in [0.1, 0.15) is 13.8 Å². The predicted molar refractivity (Wildman–Crippen MR) is 62.5 cm³/mol. The van der Waals surface area contributed by atoms with Crippen molar-refractivity contribution in [3.05, 3.63) is 0 Å². The largest absolute Gasteiger partial charge is 0.481 e. The summed E-state index contributed by atoms with van der Waals surface area (Å²) in [5, 5.41) is 9.07. The van der Waals surface area contributed by atoms with Crippen LogP contribution in [0.4, 0.5) is 0 Å². The molecule has 96 valence electrons. The molecule has 17 heavy (non-hydrogen) atoms. The summed E-state index contributed by atoms with van der Waals surface area (Å²) in [7, 11) is 2.03. The van der Waals surface area contributed by atoms with E-state index in [0.29, 0.717) is 13.1 Å². The number of carboxylic acid groups (broad SMARTS) is 1. The summed E-state index contributed by atoms with van der Waals surface area (Å²) in [6.45, 7) is 6.91. The van der Waals surface area contributed by atoms with Crippen molar-refractivity contribution < 1.29 is 14.7 Å². The second kappa shape index (κ2) is 3.98. The summed E-state index contributed by atoms with van der Waals surface area (Å²) in [5.74, 6) is -1.66. The van der Waals surface area contributed by atoms with Crippen molar-refractivity contribution in [2.24, 2.45) is 17.3 Å². The maximum Gasteiger partial charge on any atom is 0.307 e. The molecule has 0 bridgehead atoms. The van der Waals surface area contributed by atoms with E-state index < -0.39 is 11.9 Å². The number of hydrogen-bond donors (Lipinski definition) is 1. The quantitative estimate of drug-likeness (QED) is 0.744. The van der Waals surface area contributed by atoms with Gasteiger partial charge in [-0.1, -0.05) is 13.8 Å². The SMILES string of the molecule is CN1CCN(C(=O)[C@@H]2[C@H](C(=O)O)C2(C)C)CC1. The lowest BCUT2D eigenvalue weighted by atomic mass is 10.1. The summed E-state index contributed by atoms with van der Waals surface area (Å²) < 4.78 is 0. The third kappa shape index (κ3) is 2.04. The molecule has 2 rings (SSSR count). The topological polar surface area (TPSA) is 60.9 Å². The minimum absolute atomic E-state index is 0.0236. The standard InChI is InChI=1S/C12H20N2O3/c1-12(2)8(9(12)11(16)17)10(15)14-6-4-13(3)5-7-14/h8-9H,4-7H2,1-3H3,(H,16,17)/t8-,9+/m0/s1. The first-order chi connectivity index (χ1) is 7.85. The highest BCUT2D eigenvalue weighted by atomic mass is 16.4. The fraction of sp³-hybridized carbons (Fsp3) is 0.833. The normalized spacial score (nSPS) is 32.3. The Morgan fingerprint density at radius 1 is 1.12 bits per heavy atom. The molecular weight excluding hydrogens is 220 g/mol. The van der Waals surface area contributed by atoms with Gasteiger partial charge in [0.1, 0.15) is 0 Å². The molecule has 0 aromatic heterocycles. The average Bonchev–Trinajstić information content (AvgIpc) is 2.82. The van der Waals surface area contributed by atoms with E-state index in [0.717, 1.165) is 13.1 Å². The number of rotatable bonds is 2. The van der Waals surface area contributed by atoms with Crippen molar-refractivity contribution in [2.45, 2.75) is 13.8 Å². The van der Waals surface area contributed by atoms with Crippen LogP contribution in [0.2, 0.25) is 0 Å². The van der Waals surface area contributed by atoms with Crippen LogP contribution >= 0.6 is 0 Å². The Kier molecular flexibility index (Phi) is 2.89. The van der Waals surface area contributed by atoms with Gasteiger partial charge in [-0.05, 0) is 12.5 Å². The van der Waals surface area contributed by atoms with Gasteiger partial charge in [-0.25, -0.2) is 0 Å². The minimum Gasteiger partial charge on any atom is -0.481 e. The zero-order valence-corrected chi connectivity index (χ0v) is 10.6. The van der Waals surface area contributed by atoms with Gasteiger partial charge >= 0.3 is 5.97 Å². The molecule has 2 atom stereocenters. The zero-order valence-electron chi connectivity index (χ0n) is 10.6. The van der Waals surface area contributed by atoms with Crippen molar-refractivity contribution in [3.8, 4) is 0 Å². The molecule has 0 spiro atoms. The number of aliphatic carboxylic acids is 1. The van der Waals surface area contributed by atoms with Crippen LogP contribution in [0.15, 0.2) is 0 Å². The van der Waals surface area contributed by atoms with Gasteiger partial charge in [0.2, 0.25) is 5.91 Å². The third-order valence-electron chi connectivity index (χ3n) is 4.17. The van der Waals surface area contributed by atoms with Crippen LogP contribution in [-0.4, -0.2) is 60.0 Å². The molecule has 2 aliphatic rings. The number of nitrogens with zero attached hydrogens (tertiary/aromatic N) is 2. The van der Waals surface area contributed by atoms with Crippen LogP contribution in [0.5, 0.6) is 0 Å². The van der Waals surface area contributed by atoms with Crippen molar-refractivity contribution in [2.75, 3.05) is 33.2 Å². The molecule has 5 heteroatoms. The van der Waals surface area contributed by atoms with Gasteiger partial charge in [-0.2, -0.15) is 0 Å². The first-order valence-electron chi connectivity index (χ1n) is 6.06. The Morgan fingerprint density at radius 3 is 2.06 bits per heavy atom. The lowest BCUT2D eigenvalue weighted by Gasteiger charge is -2.32. The monoisotopic (exact) mass is 240 g/mol. The van der Waals surface area contributed by atoms with E-state index in [1.165, 1.54) is 0 Å². The maximum absolute atomic E-state index is 12.2. The van der Waals surface area contributed by atoms with E-state index in [4.69, 9.17) is 5.11 Å². The highest BCUT2D eigenvalue weighted by molar-refractivity contribution is 5.91. The molecular formula is C12H20N2O3. The van der Waals surface area contributed by atoms with E-state index in [-0.39, 0.29) is 17.2 Å². The van der Waals surface area contributed by atoms with Crippen LogP contribution < -0.4 is 0 Å². The van der Waals surface area contributed by atoms with E-state index in [1.54, 1.807) is 0 Å². The second-order valence-electron chi connectivity index (χ2n) is 5.74. The smallest absolute Gasteiger partial charge is 0.307 e. The Hall–Kier alpha value is -1.10. The molecule has 0 aromatic rings. The Balaban J connectivity index is 2.00. The molecule has 1 heterocycles. The van der Waals surface area contributed by atoms with Gasteiger partial charge in [0.15, 0.2) is 0 Å². The highest BCUT2D eigenvalue weighted by Gasteiger charge is 2.66. The molecule has 0 aromatic carbocycles. The molecule has 1 N–H and O–H groups in total. The molecule has 1 aliphatic heterocycles. The zero-order chi connectivity index (χ0) is 12.8. The first-order valence-corrected chi connectivity index (χ1v) is 6.06. The molecule has 2 fully saturated rings. The summed E-state index contributed by atoms with van der Waals surface area (Å²) in [6.07, 6.45) is 0. The summed E-state index contributed by atoms with van der Waals surface area (Å²) >= 11 is 0. The fourth-order valence-electron chi connectivity index (χ4n) is 2.78. The van der Waals surface area contributed by atoms with E-state index in [9.17, 15) is 9.59 Å². The van der Waals surface area contributed by atoms with Crippen molar-refractivity contribution in [1.82, 2.24) is 9.80 Å². The van der Waals surface area contributed by atoms with Gasteiger partial charge in [0, 0.05) is 26.2 Å². The van der Waals surface area contributed by atoms with Gasteiger partial charge in [0.25, 0.3) is 0 Å². The lowest BCUT2D eigenvalue weighted by molar-refractivity contribution is -0.142. The second-order valence-corrected chi connectivity index (χ2v) is 5.74. The van der Waals surface area contributed by atoms with Crippen LogP contribution in [0.25, 0.3) is 0 Å². The molecule has 1 saturated carbocycles. The van der Waals surface area contributed by atoms with Crippen molar-refractivity contribution >= 4 is 11.9 Å². The van der Waals surface area contributed by atoms with Crippen LogP contribution in [-0.2, 0) is 9.59 Å². The Morgan fingerprint density at radius 2 is 1.65 bits per heavy atom. The number of amides is 1. The number of carbonyl (C=O) groups is 2. The van der Waals surface area contributed by atoms with Crippen LogP contribution in [0.3, 0.4) is 0 Å². The summed E-state index contributed by atoms with van der Waals surface area (Å²) in [5.41, 5.74) is -0.383. The molecule has 5 nitrogen and oxygen atoms in total. The fourth-order valence-corrected chi connectivity index (χ4v) is 2.78. The molecule has 0 unspecified atom stereocenters. The van der Waals surface area contributed by atoms with E-state index in [2.05, 4.69) is 4.90 Å². The number of piperazine rings is 1.